The molecule has 10 heteroatoms. The van der Waals surface area contributed by atoms with Crippen LogP contribution in [0, 0.1) is 11.3 Å². The first-order chi connectivity index (χ1) is 20.1. The van der Waals surface area contributed by atoms with E-state index < -0.39 is 0 Å². The van der Waals surface area contributed by atoms with Crippen molar-refractivity contribution < 1.29 is 14.4 Å². The molecule has 216 valence electrons. The Morgan fingerprint density at radius 1 is 0.929 bits per heavy atom. The first-order valence-corrected chi connectivity index (χ1v) is 13.5. The number of anilines is 2. The van der Waals surface area contributed by atoms with Gasteiger partial charge in [-0.05, 0) is 44.2 Å². The fourth-order valence-electron chi connectivity index (χ4n) is 4.26. The maximum atomic E-state index is 12.0. The Bertz CT molecular complexity index is 1650. The molecular weight excluding hydrogens is 530 g/mol. The molecule has 10 nitrogen and oxygen atoms in total. The van der Waals surface area contributed by atoms with Crippen LogP contribution in [0.2, 0.25) is 0 Å². The van der Waals surface area contributed by atoms with Crippen LogP contribution < -0.4 is 9.80 Å². The topological polar surface area (TPSA) is 115 Å². The number of carbonyl (C=O) groups excluding carboxylic acids is 3. The van der Waals surface area contributed by atoms with Gasteiger partial charge in [-0.1, -0.05) is 24.3 Å². The van der Waals surface area contributed by atoms with Gasteiger partial charge in [0.15, 0.2) is 11.4 Å². The molecule has 2 aromatic carbocycles. The maximum Gasteiger partial charge on any atom is 0.223 e. The van der Waals surface area contributed by atoms with E-state index in [0.29, 0.717) is 29.9 Å². The Kier molecular flexibility index (Phi) is 10.7. The molecule has 2 aromatic heterocycles. The Hall–Kier alpha value is -5.30. The molecule has 0 bridgehead atoms. The molecule has 2 amide bonds. The number of fused-ring (bicyclic) bond motifs is 1. The number of benzene rings is 2. The average Bonchev–Trinajstić information content (AvgIpc) is 3.39. The van der Waals surface area contributed by atoms with E-state index in [1.54, 1.807) is 56.7 Å². The summed E-state index contributed by atoms with van der Waals surface area (Å²) >= 11 is 0. The second kappa shape index (κ2) is 14.4. The van der Waals surface area contributed by atoms with Crippen LogP contribution in [0.15, 0.2) is 79.3 Å². The summed E-state index contributed by atoms with van der Waals surface area (Å²) in [6.07, 6.45) is 6.49. The molecule has 0 radical (unpaired) electrons. The summed E-state index contributed by atoms with van der Waals surface area (Å²) in [6.45, 7) is 8.09. The lowest BCUT2D eigenvalue weighted by Gasteiger charge is -2.19. The third kappa shape index (κ3) is 7.67. The highest BCUT2D eigenvalue weighted by molar-refractivity contribution is 6.05. The standard InChI is InChI=1S/C17H15N5O.C15H20N2O2/c1-3-21(12(2)23)15-6-4-5-13(9-15)16-7-8-22-17(20-16)14(10-18)11-19-22;1-5-17(12(2)18)14-8-6-7-13(11-14)15(19)9-10-16(3)4/h4-9,11H,3H2,1-2H3;6-11H,5H2,1-4H3/b;10-9+. The molecule has 0 aliphatic heterocycles. The van der Waals surface area contributed by atoms with E-state index in [1.807, 2.05) is 64.3 Å². The summed E-state index contributed by atoms with van der Waals surface area (Å²) in [5.74, 6) is -0.110. The van der Waals surface area contributed by atoms with Crippen molar-refractivity contribution in [3.8, 4) is 17.3 Å². The van der Waals surface area contributed by atoms with Crippen LogP contribution in [0.1, 0.15) is 43.6 Å². The van der Waals surface area contributed by atoms with Crippen molar-refractivity contribution in [3.05, 3.63) is 90.4 Å². The van der Waals surface area contributed by atoms with Crippen LogP contribution in [0.3, 0.4) is 0 Å². The van der Waals surface area contributed by atoms with Crippen molar-refractivity contribution in [1.82, 2.24) is 19.5 Å². The van der Waals surface area contributed by atoms with Gasteiger partial charge in [0, 0.05) is 82.0 Å². The van der Waals surface area contributed by atoms with Crippen molar-refractivity contribution in [2.75, 3.05) is 37.0 Å². The van der Waals surface area contributed by atoms with Crippen molar-refractivity contribution >= 4 is 34.6 Å². The summed E-state index contributed by atoms with van der Waals surface area (Å²) in [7, 11) is 3.71. The van der Waals surface area contributed by atoms with Crippen LogP contribution in [0.25, 0.3) is 16.9 Å². The molecular formula is C32H35N7O3. The summed E-state index contributed by atoms with van der Waals surface area (Å²) < 4.78 is 1.57. The van der Waals surface area contributed by atoms with E-state index in [2.05, 4.69) is 16.2 Å². The van der Waals surface area contributed by atoms with Crippen LogP contribution in [0.4, 0.5) is 11.4 Å². The number of amides is 2. The minimum atomic E-state index is -0.0739. The molecule has 4 aromatic rings. The lowest BCUT2D eigenvalue weighted by Crippen LogP contribution is -2.27. The number of nitrogens with zero attached hydrogens (tertiary/aromatic N) is 7. The summed E-state index contributed by atoms with van der Waals surface area (Å²) in [4.78, 5) is 44.8. The molecule has 0 atom stereocenters. The lowest BCUT2D eigenvalue weighted by molar-refractivity contribution is -0.117. The largest absolute Gasteiger partial charge is 0.383 e. The van der Waals surface area contributed by atoms with Gasteiger partial charge in [-0.2, -0.15) is 10.4 Å². The summed E-state index contributed by atoms with van der Waals surface area (Å²) in [6, 6.07) is 18.7. The first kappa shape index (κ1) is 31.2. The predicted molar refractivity (Wildman–Crippen MR) is 164 cm³/mol. The van der Waals surface area contributed by atoms with Gasteiger partial charge in [-0.15, -0.1) is 0 Å². The molecule has 0 aliphatic rings. The number of hydrogen-bond donors (Lipinski definition) is 0. The number of carbonyl (C=O) groups is 3. The minimum absolute atomic E-state index is 0.00406. The summed E-state index contributed by atoms with van der Waals surface area (Å²) in [5.41, 5.74) is 4.73. The zero-order valence-corrected chi connectivity index (χ0v) is 24.8. The molecule has 0 N–H and O–H groups in total. The van der Waals surface area contributed by atoms with E-state index in [4.69, 9.17) is 5.26 Å². The van der Waals surface area contributed by atoms with Crippen LogP contribution >= 0.6 is 0 Å². The number of hydrogen-bond acceptors (Lipinski definition) is 7. The quantitative estimate of drug-likeness (QED) is 0.219. The van der Waals surface area contributed by atoms with Crippen LogP contribution in [-0.2, 0) is 9.59 Å². The van der Waals surface area contributed by atoms with Gasteiger partial charge in [-0.25, -0.2) is 9.50 Å². The van der Waals surface area contributed by atoms with Crippen molar-refractivity contribution in [1.29, 1.82) is 5.26 Å². The molecule has 0 aliphatic carbocycles. The Morgan fingerprint density at radius 3 is 2.12 bits per heavy atom. The van der Waals surface area contributed by atoms with Gasteiger partial charge in [0.25, 0.3) is 0 Å². The maximum absolute atomic E-state index is 12.0. The van der Waals surface area contributed by atoms with Crippen molar-refractivity contribution in [2.45, 2.75) is 27.7 Å². The highest BCUT2D eigenvalue weighted by atomic mass is 16.2. The number of ketones is 1. The van der Waals surface area contributed by atoms with Crippen LogP contribution in [-0.4, -0.2) is 64.3 Å². The molecule has 0 fully saturated rings. The number of allylic oxidation sites excluding steroid dienone is 1. The fraction of sp³-hybridized carbons (Fsp3) is 0.250. The number of nitriles is 1. The van der Waals surface area contributed by atoms with Crippen molar-refractivity contribution in [3.63, 3.8) is 0 Å². The highest BCUT2D eigenvalue weighted by Crippen LogP contribution is 2.24. The molecule has 2 heterocycles. The zero-order valence-electron chi connectivity index (χ0n) is 24.8. The predicted octanol–water partition coefficient (Wildman–Crippen LogP) is 4.96. The van der Waals surface area contributed by atoms with E-state index in [-0.39, 0.29) is 17.6 Å². The first-order valence-electron chi connectivity index (χ1n) is 13.5. The monoisotopic (exact) mass is 565 g/mol. The number of rotatable bonds is 8. The summed E-state index contributed by atoms with van der Waals surface area (Å²) in [5, 5.41) is 13.2. The van der Waals surface area contributed by atoms with Gasteiger partial charge in [0.05, 0.1) is 11.9 Å². The average molecular weight is 566 g/mol. The third-order valence-corrected chi connectivity index (χ3v) is 6.30. The Labute approximate surface area is 246 Å². The van der Waals surface area contributed by atoms with Gasteiger partial charge in [0.2, 0.25) is 11.8 Å². The molecule has 4 rings (SSSR count). The highest BCUT2D eigenvalue weighted by Gasteiger charge is 2.13. The van der Waals surface area contributed by atoms with Gasteiger partial charge in [0.1, 0.15) is 11.6 Å². The normalized spacial score (nSPS) is 10.5. The number of aromatic nitrogens is 3. The van der Waals surface area contributed by atoms with Gasteiger partial charge in [-0.3, -0.25) is 14.4 Å². The van der Waals surface area contributed by atoms with Crippen molar-refractivity contribution in [2.24, 2.45) is 0 Å². The molecule has 0 unspecified atom stereocenters. The molecule has 0 saturated carbocycles. The fourth-order valence-corrected chi connectivity index (χ4v) is 4.26. The lowest BCUT2D eigenvalue weighted by atomic mass is 10.1. The molecule has 42 heavy (non-hydrogen) atoms. The van der Waals surface area contributed by atoms with E-state index in [9.17, 15) is 14.4 Å². The van der Waals surface area contributed by atoms with E-state index >= 15 is 0 Å². The molecule has 0 saturated heterocycles. The van der Waals surface area contributed by atoms with Gasteiger partial charge >= 0.3 is 0 Å². The smallest absolute Gasteiger partial charge is 0.223 e. The molecule has 0 spiro atoms. The van der Waals surface area contributed by atoms with E-state index in [1.165, 1.54) is 19.2 Å². The van der Waals surface area contributed by atoms with E-state index in [0.717, 1.165) is 22.6 Å². The SMILES string of the molecule is CCN(C(C)=O)c1cccc(-c2ccn3ncc(C#N)c3n2)c1.CCN(C(C)=O)c1cccc(C(=O)/C=C/N(C)C)c1. The third-order valence-electron chi connectivity index (χ3n) is 6.30. The van der Waals surface area contributed by atoms with Crippen LogP contribution in [0.5, 0.6) is 0 Å². The Morgan fingerprint density at radius 2 is 1.55 bits per heavy atom. The Balaban J connectivity index is 0.000000236. The minimum Gasteiger partial charge on any atom is -0.383 e. The zero-order chi connectivity index (χ0) is 30.8. The second-order valence-electron chi connectivity index (χ2n) is 9.52. The second-order valence-corrected chi connectivity index (χ2v) is 9.52. The van der Waals surface area contributed by atoms with Gasteiger partial charge < -0.3 is 14.7 Å².